The van der Waals surface area contributed by atoms with E-state index in [1.807, 2.05) is 0 Å². The largest absolute Gasteiger partial charge is 0.403 e. The van der Waals surface area contributed by atoms with E-state index in [0.29, 0.717) is 0 Å². The number of pyridine rings is 1. The van der Waals surface area contributed by atoms with Gasteiger partial charge in [-0.3, -0.25) is 0 Å². The van der Waals surface area contributed by atoms with E-state index in [1.165, 1.54) is 30.5 Å². The Labute approximate surface area is 157 Å². The molecular weight excluding hydrogens is 536 g/mol. The molecule has 2 aromatic carbocycles. The van der Waals surface area contributed by atoms with Crippen molar-refractivity contribution in [3.05, 3.63) is 65.9 Å². The maximum atomic E-state index is 14.0. The van der Waals surface area contributed by atoms with E-state index in [1.54, 1.807) is 0 Å². The van der Waals surface area contributed by atoms with Crippen LogP contribution < -0.4 is 0 Å². The summed E-state index contributed by atoms with van der Waals surface area (Å²) in [7, 11) is 0. The summed E-state index contributed by atoms with van der Waals surface area (Å²) in [6.45, 7) is 0. The van der Waals surface area contributed by atoms with Crippen molar-refractivity contribution in [3.8, 4) is 11.3 Å². The van der Waals surface area contributed by atoms with E-state index in [-0.39, 0.29) is 42.1 Å². The molecule has 26 heavy (non-hydrogen) atoms. The topological polar surface area (TPSA) is 12.9 Å². The van der Waals surface area contributed by atoms with Crippen LogP contribution in [0.2, 0.25) is 0 Å². The second-order valence-corrected chi connectivity index (χ2v) is 5.77. The number of benzene rings is 2. The molecule has 0 atom stereocenters. The molecule has 1 nitrogen and oxygen atoms in total. The summed E-state index contributed by atoms with van der Waals surface area (Å²) in [5.74, 6) is 0. The van der Waals surface area contributed by atoms with Gasteiger partial charge < -0.3 is 4.98 Å². The molecule has 0 bridgehead atoms. The standard InChI is InChI=1S/C18H8F6N.Ir/c19-17(20,21)16(18(22,23)24)12-6-2-1-5-11(12)15-14-10(8-9-25-15)4-3-7-13(14)16;/h1-4,6-9H;/q-1;. The number of fused-ring (bicyclic) bond motifs is 2. The Bertz CT molecular complexity index is 974. The van der Waals surface area contributed by atoms with Gasteiger partial charge in [-0.05, 0) is 28.1 Å². The van der Waals surface area contributed by atoms with Crippen molar-refractivity contribution in [2.45, 2.75) is 17.8 Å². The van der Waals surface area contributed by atoms with Crippen LogP contribution in [-0.2, 0) is 25.5 Å². The molecule has 0 N–H and O–H groups in total. The first-order valence-corrected chi connectivity index (χ1v) is 7.23. The van der Waals surface area contributed by atoms with Gasteiger partial charge >= 0.3 is 12.4 Å². The molecule has 0 saturated carbocycles. The van der Waals surface area contributed by atoms with Crippen LogP contribution in [0.4, 0.5) is 26.3 Å². The van der Waals surface area contributed by atoms with Crippen LogP contribution in [0.25, 0.3) is 22.0 Å². The zero-order valence-corrected chi connectivity index (χ0v) is 15.1. The molecule has 0 spiro atoms. The van der Waals surface area contributed by atoms with Crippen LogP contribution in [0.3, 0.4) is 0 Å². The van der Waals surface area contributed by atoms with Crippen LogP contribution in [0.1, 0.15) is 11.1 Å². The fraction of sp³-hybridized carbons (Fsp3) is 0.167. The summed E-state index contributed by atoms with van der Waals surface area (Å²) < 4.78 is 84.2. The van der Waals surface area contributed by atoms with Crippen molar-refractivity contribution in [2.24, 2.45) is 0 Å². The van der Waals surface area contributed by atoms with Gasteiger partial charge in [0.1, 0.15) is 0 Å². The van der Waals surface area contributed by atoms with Crippen LogP contribution in [-0.4, -0.2) is 17.3 Å². The monoisotopic (exact) mass is 545 g/mol. The number of hydrogen-bond donors (Lipinski definition) is 0. The molecule has 1 radical (unpaired) electrons. The first-order valence-electron chi connectivity index (χ1n) is 7.23. The smallest absolute Gasteiger partial charge is 0.304 e. The van der Waals surface area contributed by atoms with Gasteiger partial charge in [-0.25, -0.2) is 0 Å². The molecule has 0 unspecified atom stereocenters. The van der Waals surface area contributed by atoms with Gasteiger partial charge in [0.25, 0.3) is 0 Å². The summed E-state index contributed by atoms with van der Waals surface area (Å²) in [4.78, 5) is 4.04. The predicted molar refractivity (Wildman–Crippen MR) is 78.9 cm³/mol. The van der Waals surface area contributed by atoms with Gasteiger partial charge in [0, 0.05) is 26.3 Å². The molecule has 137 valence electrons. The second-order valence-electron chi connectivity index (χ2n) is 5.77. The maximum absolute atomic E-state index is 14.0. The number of halogens is 6. The Morgan fingerprint density at radius 2 is 1.50 bits per heavy atom. The van der Waals surface area contributed by atoms with Gasteiger partial charge in [0.05, 0.1) is 0 Å². The first kappa shape index (κ1) is 18.9. The van der Waals surface area contributed by atoms with E-state index >= 15 is 0 Å². The maximum Gasteiger partial charge on any atom is 0.403 e. The van der Waals surface area contributed by atoms with Crippen molar-refractivity contribution in [2.75, 3.05) is 0 Å². The first-order chi connectivity index (χ1) is 11.7. The molecule has 0 amide bonds. The molecule has 1 aromatic heterocycles. The molecule has 0 saturated heterocycles. The van der Waals surface area contributed by atoms with E-state index in [9.17, 15) is 26.3 Å². The van der Waals surface area contributed by atoms with Crippen LogP contribution in [0, 0.1) is 6.07 Å². The Balaban J connectivity index is 0.00000196. The average Bonchev–Trinajstić information content (AvgIpc) is 2.53. The van der Waals surface area contributed by atoms with E-state index in [2.05, 4.69) is 11.1 Å². The number of aromatic nitrogens is 1. The number of nitrogens with zero attached hydrogens (tertiary/aromatic N) is 1. The van der Waals surface area contributed by atoms with Gasteiger partial charge in [-0.2, -0.15) is 26.3 Å². The van der Waals surface area contributed by atoms with Gasteiger partial charge in [-0.1, -0.05) is 23.8 Å². The van der Waals surface area contributed by atoms with Gasteiger partial charge in [-0.15, -0.1) is 29.8 Å². The third kappa shape index (κ3) is 2.18. The zero-order valence-electron chi connectivity index (χ0n) is 12.7. The molecule has 0 fully saturated rings. The quantitative estimate of drug-likeness (QED) is 0.272. The zero-order chi connectivity index (χ0) is 18.0. The van der Waals surface area contributed by atoms with Crippen molar-refractivity contribution < 1.29 is 46.4 Å². The van der Waals surface area contributed by atoms with Crippen LogP contribution >= 0.6 is 0 Å². The minimum absolute atomic E-state index is 0. The summed E-state index contributed by atoms with van der Waals surface area (Å²) in [5.41, 5.74) is -6.06. The SMILES string of the molecule is FC(F)(F)C1(C(F)(F)F)c2ccc[c-]c2-c2nccc3cccc1c23.[Ir]. The molecule has 0 aliphatic heterocycles. The summed E-state index contributed by atoms with van der Waals surface area (Å²) in [6.07, 6.45) is -9.81. The minimum atomic E-state index is -5.59. The van der Waals surface area contributed by atoms with Crippen molar-refractivity contribution >= 4 is 10.8 Å². The average molecular weight is 544 g/mol. The van der Waals surface area contributed by atoms with E-state index < -0.39 is 28.9 Å². The van der Waals surface area contributed by atoms with Gasteiger partial charge in [0.15, 0.2) is 5.41 Å². The molecule has 3 aromatic rings. The molecule has 4 rings (SSSR count). The molecule has 1 aliphatic carbocycles. The number of hydrogen-bond acceptors (Lipinski definition) is 1. The summed E-state index contributed by atoms with van der Waals surface area (Å²) in [5, 5.41) is 0.123. The molecule has 1 heterocycles. The van der Waals surface area contributed by atoms with Crippen molar-refractivity contribution in [3.63, 3.8) is 0 Å². The molecule has 8 heteroatoms. The Morgan fingerprint density at radius 3 is 2.15 bits per heavy atom. The molecule has 1 aliphatic rings. The van der Waals surface area contributed by atoms with E-state index in [4.69, 9.17) is 0 Å². The third-order valence-electron chi connectivity index (χ3n) is 4.54. The fourth-order valence-electron chi connectivity index (χ4n) is 3.59. The normalized spacial score (nSPS) is 15.3. The van der Waals surface area contributed by atoms with Gasteiger partial charge in [0.2, 0.25) is 0 Å². The van der Waals surface area contributed by atoms with Crippen molar-refractivity contribution in [1.82, 2.24) is 4.98 Å². The predicted octanol–water partition coefficient (Wildman–Crippen LogP) is 5.42. The summed E-state index contributed by atoms with van der Waals surface area (Å²) in [6, 6.07) is 10.7. The fourth-order valence-corrected chi connectivity index (χ4v) is 3.59. The van der Waals surface area contributed by atoms with Crippen LogP contribution in [0.5, 0.6) is 0 Å². The number of rotatable bonds is 0. The number of alkyl halides is 6. The van der Waals surface area contributed by atoms with E-state index in [0.717, 1.165) is 18.2 Å². The Kier molecular flexibility index (Phi) is 4.20. The molecular formula is C18H8F6IrN-. The minimum Gasteiger partial charge on any atom is -0.304 e. The summed E-state index contributed by atoms with van der Waals surface area (Å²) >= 11 is 0. The van der Waals surface area contributed by atoms with Crippen molar-refractivity contribution in [1.29, 1.82) is 0 Å². The Hall–Kier alpha value is -1.92. The third-order valence-corrected chi connectivity index (χ3v) is 4.54. The Morgan fingerprint density at radius 1 is 0.846 bits per heavy atom. The van der Waals surface area contributed by atoms with Crippen LogP contribution in [0.15, 0.2) is 48.7 Å². The second kappa shape index (κ2) is 5.79.